The molecule has 3 aromatic rings. The van der Waals surface area contributed by atoms with Crippen LogP contribution in [0.4, 0.5) is 0 Å². The number of fused-ring (bicyclic) bond motifs is 1. The Morgan fingerprint density at radius 1 is 1.05 bits per heavy atom. The van der Waals surface area contributed by atoms with E-state index in [0.717, 1.165) is 0 Å². The molecule has 0 bridgehead atoms. The number of aromatic nitrogens is 1. The molecule has 0 unspecified atom stereocenters. The monoisotopic (exact) mass is 549 g/mol. The topological polar surface area (TPSA) is 121 Å². The summed E-state index contributed by atoms with van der Waals surface area (Å²) < 4.78 is 29.1. The summed E-state index contributed by atoms with van der Waals surface area (Å²) in [5, 5.41) is 8.79. The Morgan fingerprint density at radius 3 is 2.46 bits per heavy atom. The van der Waals surface area contributed by atoms with Crippen LogP contribution in [0.1, 0.15) is 31.0 Å². The molecule has 0 aliphatic carbocycles. The SMILES string of the molecule is CCOc1ccc([C@@H]2C(C(=O)OC)=CN=c3s/c(=C\c4ccc(OCC#N)c(OC)c4)c(=O)n32)cc1OCC. The minimum Gasteiger partial charge on any atom is -0.493 e. The summed E-state index contributed by atoms with van der Waals surface area (Å²) in [6.07, 6.45) is 3.15. The molecule has 202 valence electrons. The second kappa shape index (κ2) is 12.3. The molecule has 1 aliphatic heterocycles. The third kappa shape index (κ3) is 5.66. The molecule has 0 fully saturated rings. The molecular formula is C28H27N3O7S. The Labute approximate surface area is 228 Å². The molecule has 1 aliphatic rings. The molecule has 0 spiro atoms. The highest BCUT2D eigenvalue weighted by atomic mass is 32.1. The lowest BCUT2D eigenvalue weighted by Gasteiger charge is -2.23. The van der Waals surface area contributed by atoms with Crippen molar-refractivity contribution in [3.8, 4) is 29.1 Å². The van der Waals surface area contributed by atoms with Crippen LogP contribution in [0.5, 0.6) is 23.0 Å². The largest absolute Gasteiger partial charge is 0.493 e. The number of benzene rings is 2. The number of nitrogens with zero attached hydrogens (tertiary/aromatic N) is 3. The van der Waals surface area contributed by atoms with Gasteiger partial charge in [0.1, 0.15) is 6.07 Å². The summed E-state index contributed by atoms with van der Waals surface area (Å²) in [5.41, 5.74) is 1.21. The molecule has 0 saturated heterocycles. The van der Waals surface area contributed by atoms with E-state index in [9.17, 15) is 9.59 Å². The average Bonchev–Trinajstić information content (AvgIpc) is 3.27. The predicted octanol–water partition coefficient (Wildman–Crippen LogP) is 2.73. The molecule has 10 nitrogen and oxygen atoms in total. The number of nitriles is 1. The van der Waals surface area contributed by atoms with Gasteiger partial charge < -0.3 is 23.7 Å². The number of rotatable bonds is 10. The first-order chi connectivity index (χ1) is 18.9. The number of methoxy groups -OCH3 is 2. The molecule has 39 heavy (non-hydrogen) atoms. The standard InChI is InChI=1S/C28H27N3O7S/c1-5-36-21-10-8-18(15-23(21)37-6-2)25-19(27(33)35-4)16-30-28-31(25)26(32)24(39-28)14-17-7-9-20(38-12-11-29)22(13-17)34-3/h7-10,13-16,25H,5-6,12H2,1-4H3/b24-14-/t25-/m1/s1. The Balaban J connectivity index is 1.85. The van der Waals surface area contributed by atoms with Gasteiger partial charge in [0, 0.05) is 6.20 Å². The van der Waals surface area contributed by atoms with Crippen LogP contribution in [-0.4, -0.2) is 44.6 Å². The van der Waals surface area contributed by atoms with E-state index in [0.29, 0.717) is 56.7 Å². The fourth-order valence-corrected chi connectivity index (χ4v) is 5.11. The Kier molecular flexibility index (Phi) is 8.68. The van der Waals surface area contributed by atoms with Crippen molar-refractivity contribution in [2.24, 2.45) is 4.99 Å². The van der Waals surface area contributed by atoms with Crippen LogP contribution in [-0.2, 0) is 9.53 Å². The van der Waals surface area contributed by atoms with Gasteiger partial charge in [-0.3, -0.25) is 9.36 Å². The van der Waals surface area contributed by atoms with Crippen molar-refractivity contribution >= 4 is 23.4 Å². The molecule has 1 atom stereocenters. The van der Waals surface area contributed by atoms with Crippen molar-refractivity contribution in [1.29, 1.82) is 5.26 Å². The van der Waals surface area contributed by atoms with E-state index in [4.69, 9.17) is 28.9 Å². The minimum absolute atomic E-state index is 0.118. The van der Waals surface area contributed by atoms with Crippen LogP contribution >= 0.6 is 11.3 Å². The fourth-order valence-electron chi connectivity index (χ4n) is 4.14. The van der Waals surface area contributed by atoms with Crippen molar-refractivity contribution in [3.05, 3.63) is 79.0 Å². The summed E-state index contributed by atoms with van der Waals surface area (Å²) in [6.45, 7) is 4.49. The van der Waals surface area contributed by atoms with Crippen LogP contribution in [0.25, 0.3) is 6.08 Å². The molecule has 0 radical (unpaired) electrons. The van der Waals surface area contributed by atoms with E-state index in [1.807, 2.05) is 19.9 Å². The van der Waals surface area contributed by atoms with E-state index in [2.05, 4.69) is 4.99 Å². The molecule has 2 heterocycles. The minimum atomic E-state index is -0.790. The van der Waals surface area contributed by atoms with Crippen molar-refractivity contribution in [2.75, 3.05) is 34.0 Å². The van der Waals surface area contributed by atoms with Crippen LogP contribution in [0.3, 0.4) is 0 Å². The number of ether oxygens (including phenoxy) is 5. The van der Waals surface area contributed by atoms with Gasteiger partial charge in [-0.1, -0.05) is 23.5 Å². The first kappa shape index (κ1) is 27.5. The molecule has 1 aromatic heterocycles. The number of carbonyl (C=O) groups excluding carboxylic acids is 1. The van der Waals surface area contributed by atoms with Crippen molar-refractivity contribution in [2.45, 2.75) is 19.9 Å². The number of hydrogen-bond acceptors (Lipinski definition) is 10. The highest BCUT2D eigenvalue weighted by Gasteiger charge is 2.31. The maximum atomic E-state index is 13.8. The van der Waals surface area contributed by atoms with Gasteiger partial charge in [-0.05, 0) is 55.3 Å². The highest BCUT2D eigenvalue weighted by Crippen LogP contribution is 2.35. The zero-order valence-electron chi connectivity index (χ0n) is 21.9. The van der Waals surface area contributed by atoms with Gasteiger partial charge in [0.2, 0.25) is 0 Å². The third-order valence-corrected chi connectivity index (χ3v) is 6.78. The second-order valence-electron chi connectivity index (χ2n) is 8.11. The van der Waals surface area contributed by atoms with E-state index in [1.54, 1.807) is 42.5 Å². The van der Waals surface area contributed by atoms with Crippen molar-refractivity contribution in [3.63, 3.8) is 0 Å². The first-order valence-electron chi connectivity index (χ1n) is 12.1. The number of esters is 1. The highest BCUT2D eigenvalue weighted by molar-refractivity contribution is 7.07. The van der Waals surface area contributed by atoms with Gasteiger partial charge in [0.25, 0.3) is 5.56 Å². The zero-order chi connectivity index (χ0) is 27.9. The number of carbonyl (C=O) groups is 1. The van der Waals surface area contributed by atoms with E-state index in [1.165, 1.54) is 36.3 Å². The van der Waals surface area contributed by atoms with E-state index >= 15 is 0 Å². The van der Waals surface area contributed by atoms with Crippen LogP contribution in [0, 0.1) is 11.3 Å². The zero-order valence-corrected chi connectivity index (χ0v) is 22.7. The second-order valence-corrected chi connectivity index (χ2v) is 9.11. The Bertz CT molecular complexity index is 1630. The van der Waals surface area contributed by atoms with Crippen molar-refractivity contribution in [1.82, 2.24) is 4.57 Å². The third-order valence-electron chi connectivity index (χ3n) is 5.79. The maximum Gasteiger partial charge on any atom is 0.337 e. The number of hydrogen-bond donors (Lipinski definition) is 0. The predicted molar refractivity (Wildman–Crippen MR) is 144 cm³/mol. The summed E-state index contributed by atoms with van der Waals surface area (Å²) in [7, 11) is 2.78. The molecule has 0 saturated carbocycles. The van der Waals surface area contributed by atoms with Gasteiger partial charge in [-0.25, -0.2) is 9.79 Å². The van der Waals surface area contributed by atoms with Gasteiger partial charge in [0.15, 0.2) is 34.4 Å². The summed E-state index contributed by atoms with van der Waals surface area (Å²) in [5.74, 6) is 1.32. The van der Waals surface area contributed by atoms with E-state index < -0.39 is 12.0 Å². The van der Waals surface area contributed by atoms with Gasteiger partial charge >= 0.3 is 5.97 Å². The molecular weight excluding hydrogens is 522 g/mol. The summed E-state index contributed by atoms with van der Waals surface area (Å²) >= 11 is 1.19. The quantitative estimate of drug-likeness (QED) is 0.354. The lowest BCUT2D eigenvalue weighted by atomic mass is 9.97. The van der Waals surface area contributed by atoms with Gasteiger partial charge in [-0.2, -0.15) is 5.26 Å². The fraction of sp³-hybridized carbons (Fsp3) is 0.286. The smallest absolute Gasteiger partial charge is 0.337 e. The van der Waals surface area contributed by atoms with Crippen LogP contribution in [0.15, 0.2) is 58.0 Å². The molecule has 2 aromatic carbocycles. The molecule has 4 rings (SSSR count). The average molecular weight is 550 g/mol. The first-order valence-corrected chi connectivity index (χ1v) is 12.9. The van der Waals surface area contributed by atoms with Crippen LogP contribution < -0.4 is 33.8 Å². The Hall–Kier alpha value is -4.56. The molecule has 0 amide bonds. The van der Waals surface area contributed by atoms with Crippen molar-refractivity contribution < 1.29 is 28.5 Å². The molecule has 11 heteroatoms. The van der Waals surface area contributed by atoms with Gasteiger partial charge in [-0.15, -0.1) is 0 Å². The van der Waals surface area contributed by atoms with Gasteiger partial charge in [0.05, 0.1) is 43.6 Å². The maximum absolute atomic E-state index is 13.8. The van der Waals surface area contributed by atoms with E-state index in [-0.39, 0.29) is 17.7 Å². The summed E-state index contributed by atoms with van der Waals surface area (Å²) in [6, 6.07) is 11.6. The molecule has 0 N–H and O–H groups in total. The normalized spacial score (nSPS) is 14.4. The van der Waals surface area contributed by atoms with Crippen LogP contribution in [0.2, 0.25) is 0 Å². The lowest BCUT2D eigenvalue weighted by Crippen LogP contribution is -2.39. The number of thiazole rings is 1. The summed E-state index contributed by atoms with van der Waals surface area (Å²) in [4.78, 5) is 31.3. The Morgan fingerprint density at radius 2 is 1.77 bits per heavy atom. The lowest BCUT2D eigenvalue weighted by molar-refractivity contribution is -0.136.